The maximum Gasteiger partial charge on any atom is 0.387 e. The molecule has 1 fully saturated rings. The molecule has 0 radical (unpaired) electrons. The summed E-state index contributed by atoms with van der Waals surface area (Å²) in [5.41, 5.74) is 3.02. The molecular weight excluding hydrogens is 438 g/mol. The number of carbonyl (C=O) groups excluding carboxylic acids is 1. The second-order valence-electron chi connectivity index (χ2n) is 8.28. The summed E-state index contributed by atoms with van der Waals surface area (Å²) in [6, 6.07) is 6.63. The minimum Gasteiger partial charge on any atom is -0.435 e. The van der Waals surface area contributed by atoms with Crippen LogP contribution in [-0.4, -0.2) is 23.8 Å². The number of nitriles is 1. The Bertz CT molecular complexity index is 1150. The topological polar surface area (TPSA) is 79.1 Å². The number of amides is 2. The number of nitrogens with one attached hydrogen (secondary N) is 2. The fourth-order valence-corrected chi connectivity index (χ4v) is 3.78. The number of ether oxygens (including phenoxy) is 1. The van der Waals surface area contributed by atoms with Crippen molar-refractivity contribution in [2.24, 2.45) is 5.92 Å². The van der Waals surface area contributed by atoms with Gasteiger partial charge in [0.25, 0.3) is 0 Å². The summed E-state index contributed by atoms with van der Waals surface area (Å²) in [4.78, 5) is 12.0. The highest BCUT2D eigenvalue weighted by molar-refractivity contribution is 5.95. The number of hydrogen-bond acceptors (Lipinski definition) is 3. The number of alkyl halides is 2. The molecular formula is C26H30F2N4O2. The van der Waals surface area contributed by atoms with Gasteiger partial charge in [-0.2, -0.15) is 14.0 Å². The van der Waals surface area contributed by atoms with Crippen LogP contribution in [0.3, 0.4) is 0 Å². The number of halogens is 2. The van der Waals surface area contributed by atoms with E-state index in [9.17, 15) is 18.8 Å². The van der Waals surface area contributed by atoms with Crippen LogP contribution in [0.2, 0.25) is 0 Å². The van der Waals surface area contributed by atoms with Crippen LogP contribution in [0.15, 0.2) is 48.7 Å². The third-order valence-electron chi connectivity index (χ3n) is 5.65. The van der Waals surface area contributed by atoms with Crippen LogP contribution in [0.4, 0.5) is 13.6 Å². The van der Waals surface area contributed by atoms with Crippen LogP contribution in [0.5, 0.6) is 5.75 Å². The summed E-state index contributed by atoms with van der Waals surface area (Å²) in [6.45, 7) is 6.13. The maximum atomic E-state index is 12.8. The Balaban J connectivity index is 1.94. The molecule has 34 heavy (non-hydrogen) atoms. The van der Waals surface area contributed by atoms with Crippen molar-refractivity contribution < 1.29 is 18.3 Å². The zero-order valence-electron chi connectivity index (χ0n) is 19.5. The fraction of sp³-hybridized carbons (Fsp3) is 0.385. The highest BCUT2D eigenvalue weighted by Gasteiger charge is 2.27. The molecule has 0 bridgehead atoms. The Labute approximate surface area is 198 Å². The summed E-state index contributed by atoms with van der Waals surface area (Å²) in [5, 5.41) is 16.1. The first-order chi connectivity index (χ1) is 16.4. The Hall–Kier alpha value is -3.60. The third-order valence-corrected chi connectivity index (χ3v) is 5.65. The number of nitrogens with zero attached hydrogens (tertiary/aromatic N) is 2. The van der Waals surface area contributed by atoms with Gasteiger partial charge in [0.2, 0.25) is 0 Å². The highest BCUT2D eigenvalue weighted by Crippen LogP contribution is 2.38. The molecule has 1 aliphatic carbocycles. The van der Waals surface area contributed by atoms with Crippen LogP contribution in [0, 0.1) is 17.2 Å². The molecule has 1 heterocycles. The van der Waals surface area contributed by atoms with E-state index in [4.69, 9.17) is 0 Å². The summed E-state index contributed by atoms with van der Waals surface area (Å²) in [6.07, 6.45) is 9.40. The quantitative estimate of drug-likeness (QED) is 0.309. The molecule has 6 nitrogen and oxygen atoms in total. The van der Waals surface area contributed by atoms with E-state index >= 15 is 0 Å². The Morgan fingerprint density at radius 2 is 2.15 bits per heavy atom. The van der Waals surface area contributed by atoms with Crippen LogP contribution in [-0.2, 0) is 6.54 Å². The number of urea groups is 1. The van der Waals surface area contributed by atoms with Gasteiger partial charge >= 0.3 is 12.6 Å². The highest BCUT2D eigenvalue weighted by atomic mass is 19.3. The lowest BCUT2D eigenvalue weighted by atomic mass is 10.1. The van der Waals surface area contributed by atoms with Crippen molar-refractivity contribution in [1.29, 1.82) is 5.26 Å². The Kier molecular flexibility index (Phi) is 8.47. The van der Waals surface area contributed by atoms with E-state index in [-0.39, 0.29) is 11.8 Å². The average molecular weight is 469 g/mol. The van der Waals surface area contributed by atoms with Crippen molar-refractivity contribution in [1.82, 2.24) is 15.2 Å². The van der Waals surface area contributed by atoms with Gasteiger partial charge < -0.3 is 19.9 Å². The minimum atomic E-state index is -2.93. The number of hydrogen-bond donors (Lipinski definition) is 2. The van der Waals surface area contributed by atoms with Crippen LogP contribution < -0.4 is 15.4 Å². The summed E-state index contributed by atoms with van der Waals surface area (Å²) < 4.78 is 32.2. The smallest absolute Gasteiger partial charge is 0.387 e. The molecule has 2 N–H and O–H groups in total. The van der Waals surface area contributed by atoms with Crippen molar-refractivity contribution in [2.45, 2.75) is 52.7 Å². The zero-order valence-corrected chi connectivity index (χ0v) is 19.5. The summed E-state index contributed by atoms with van der Waals surface area (Å²) in [5.74, 6) is 0.531. The monoisotopic (exact) mass is 468 g/mol. The first kappa shape index (κ1) is 25.0. The number of rotatable bonds is 11. The second-order valence-corrected chi connectivity index (χ2v) is 8.28. The molecule has 0 saturated heterocycles. The van der Waals surface area contributed by atoms with E-state index in [1.807, 2.05) is 24.5 Å². The van der Waals surface area contributed by atoms with Crippen molar-refractivity contribution in [3.05, 3.63) is 60.0 Å². The van der Waals surface area contributed by atoms with Gasteiger partial charge in [-0.3, -0.25) is 0 Å². The SMILES string of the molecule is C=C(/C=C\C(=C/C)c1c(C#N)c2ccc(OC(F)F)cc2n1CC1CC1)NC(=O)NCCCC. The van der Waals surface area contributed by atoms with Crippen molar-refractivity contribution >= 4 is 22.5 Å². The van der Waals surface area contributed by atoms with Gasteiger partial charge in [-0.1, -0.05) is 32.1 Å². The van der Waals surface area contributed by atoms with E-state index < -0.39 is 6.61 Å². The number of benzene rings is 1. The van der Waals surface area contributed by atoms with Gasteiger partial charge in [0, 0.05) is 30.2 Å². The first-order valence-electron chi connectivity index (χ1n) is 11.5. The lowest BCUT2D eigenvalue weighted by Crippen LogP contribution is -2.34. The third kappa shape index (κ3) is 6.25. The molecule has 1 aromatic heterocycles. The van der Waals surface area contributed by atoms with Crippen LogP contribution in [0.25, 0.3) is 16.5 Å². The molecule has 1 aromatic carbocycles. The zero-order chi connectivity index (χ0) is 24.7. The normalized spacial score (nSPS) is 13.9. The van der Waals surface area contributed by atoms with Crippen molar-refractivity contribution in [3.63, 3.8) is 0 Å². The summed E-state index contributed by atoms with van der Waals surface area (Å²) in [7, 11) is 0. The molecule has 0 unspecified atom stereocenters. The summed E-state index contributed by atoms with van der Waals surface area (Å²) >= 11 is 0. The van der Waals surface area contributed by atoms with E-state index in [1.165, 1.54) is 6.07 Å². The lowest BCUT2D eigenvalue weighted by Gasteiger charge is -2.12. The number of aromatic nitrogens is 1. The standard InChI is InChI=1S/C26H30F2N4O2/c1-4-6-13-30-26(33)31-17(3)7-10-19(5-2)24-22(15-29)21-12-11-20(34-25(27)28)14-23(21)32(24)16-18-8-9-18/h5,7,10-12,14,18,25H,3-4,6,8-9,13,16H2,1-2H3,(H2,30,31,33)/b10-7-,19-5+. The Morgan fingerprint density at radius 1 is 1.38 bits per heavy atom. The number of unbranched alkanes of at least 4 members (excludes halogenated alkanes) is 1. The average Bonchev–Trinajstić information content (AvgIpc) is 3.56. The molecule has 2 amide bonds. The minimum absolute atomic E-state index is 0.0531. The molecule has 8 heteroatoms. The molecule has 2 aromatic rings. The molecule has 0 spiro atoms. The Morgan fingerprint density at radius 3 is 2.76 bits per heavy atom. The van der Waals surface area contributed by atoms with E-state index in [0.717, 1.165) is 31.3 Å². The molecule has 1 saturated carbocycles. The number of carbonyl (C=O) groups is 1. The van der Waals surface area contributed by atoms with Gasteiger partial charge in [0.15, 0.2) is 0 Å². The van der Waals surface area contributed by atoms with E-state index in [1.54, 1.807) is 24.3 Å². The molecule has 3 rings (SSSR count). The predicted molar refractivity (Wildman–Crippen MR) is 129 cm³/mol. The van der Waals surface area contributed by atoms with Crippen molar-refractivity contribution in [3.8, 4) is 11.8 Å². The fourth-order valence-electron chi connectivity index (χ4n) is 3.78. The van der Waals surface area contributed by atoms with Crippen LogP contribution in [0.1, 0.15) is 50.8 Å². The first-order valence-corrected chi connectivity index (χ1v) is 11.5. The van der Waals surface area contributed by atoms with Gasteiger partial charge in [-0.05, 0) is 55.9 Å². The number of fused-ring (bicyclic) bond motifs is 1. The van der Waals surface area contributed by atoms with Gasteiger partial charge in [-0.15, -0.1) is 0 Å². The van der Waals surface area contributed by atoms with Crippen molar-refractivity contribution in [2.75, 3.05) is 6.54 Å². The molecule has 1 aliphatic rings. The second kappa shape index (κ2) is 11.5. The van der Waals surface area contributed by atoms with Crippen LogP contribution >= 0.6 is 0 Å². The molecule has 0 atom stereocenters. The molecule has 180 valence electrons. The lowest BCUT2D eigenvalue weighted by molar-refractivity contribution is -0.0497. The van der Waals surface area contributed by atoms with E-state index in [0.29, 0.717) is 46.9 Å². The predicted octanol–water partition coefficient (Wildman–Crippen LogP) is 6.10. The molecule has 0 aliphatic heterocycles. The maximum absolute atomic E-state index is 12.8. The number of allylic oxidation sites excluding steroid dienone is 4. The van der Waals surface area contributed by atoms with Gasteiger partial charge in [0.05, 0.1) is 16.8 Å². The van der Waals surface area contributed by atoms with E-state index in [2.05, 4.69) is 28.0 Å². The van der Waals surface area contributed by atoms with Gasteiger partial charge in [-0.25, -0.2) is 4.79 Å². The largest absolute Gasteiger partial charge is 0.435 e. The van der Waals surface area contributed by atoms with Gasteiger partial charge in [0.1, 0.15) is 11.8 Å².